The molecule has 0 aromatic carbocycles. The standard InChI is InChI=1S/C5H8OS/c6-5(3-7)4-1-2-4/h6-7H,1-3H2. The fraction of sp³-hybridized carbons (Fsp3) is 0.600. The van der Waals surface area contributed by atoms with Crippen molar-refractivity contribution in [3.05, 3.63) is 11.3 Å². The van der Waals surface area contributed by atoms with Gasteiger partial charge < -0.3 is 5.11 Å². The van der Waals surface area contributed by atoms with Crippen molar-refractivity contribution in [2.45, 2.75) is 12.8 Å². The SMILES string of the molecule is OC(CS)=C1CC1. The molecule has 1 fully saturated rings. The average Bonchev–Trinajstić information content (AvgIpc) is 2.44. The zero-order valence-electron chi connectivity index (χ0n) is 4.02. The van der Waals surface area contributed by atoms with Gasteiger partial charge in [-0.1, -0.05) is 0 Å². The molecule has 1 N–H and O–H groups in total. The van der Waals surface area contributed by atoms with Crippen molar-refractivity contribution in [1.29, 1.82) is 0 Å². The van der Waals surface area contributed by atoms with Gasteiger partial charge in [-0.3, -0.25) is 0 Å². The molecule has 0 aliphatic heterocycles. The summed E-state index contributed by atoms with van der Waals surface area (Å²) in [5, 5.41) is 8.80. The van der Waals surface area contributed by atoms with E-state index in [-0.39, 0.29) is 0 Å². The molecule has 0 spiro atoms. The Balaban J connectivity index is 2.49. The summed E-state index contributed by atoms with van der Waals surface area (Å²) in [4.78, 5) is 0. The zero-order chi connectivity index (χ0) is 5.28. The molecule has 0 unspecified atom stereocenters. The average molecular weight is 116 g/mol. The Hall–Kier alpha value is -0.110. The molecule has 2 heteroatoms. The largest absolute Gasteiger partial charge is 0.511 e. The Bertz CT molecular complexity index is 101. The van der Waals surface area contributed by atoms with Crippen LogP contribution in [-0.2, 0) is 0 Å². The van der Waals surface area contributed by atoms with Gasteiger partial charge in [-0.15, -0.1) is 0 Å². The van der Waals surface area contributed by atoms with E-state index in [1.54, 1.807) is 0 Å². The Morgan fingerprint density at radius 1 is 1.71 bits per heavy atom. The van der Waals surface area contributed by atoms with Crippen molar-refractivity contribution in [2.24, 2.45) is 0 Å². The summed E-state index contributed by atoms with van der Waals surface area (Å²) in [6.07, 6.45) is 2.18. The highest BCUT2D eigenvalue weighted by Gasteiger charge is 2.15. The maximum atomic E-state index is 8.80. The van der Waals surface area contributed by atoms with Gasteiger partial charge in [-0.25, -0.2) is 0 Å². The second-order valence-electron chi connectivity index (χ2n) is 1.71. The van der Waals surface area contributed by atoms with Crippen LogP contribution in [0.3, 0.4) is 0 Å². The summed E-state index contributed by atoms with van der Waals surface area (Å²) in [6, 6.07) is 0. The summed E-state index contributed by atoms with van der Waals surface area (Å²) in [5.74, 6) is 0.998. The van der Waals surface area contributed by atoms with E-state index in [4.69, 9.17) is 5.11 Å². The molecule has 0 aromatic rings. The normalized spacial score (nSPS) is 17.0. The Kier molecular flexibility index (Phi) is 1.28. The van der Waals surface area contributed by atoms with Crippen LogP contribution in [0.5, 0.6) is 0 Å². The number of hydrogen-bond acceptors (Lipinski definition) is 2. The maximum Gasteiger partial charge on any atom is 0.101 e. The van der Waals surface area contributed by atoms with Gasteiger partial charge in [0.15, 0.2) is 0 Å². The van der Waals surface area contributed by atoms with Gasteiger partial charge in [0.2, 0.25) is 0 Å². The smallest absolute Gasteiger partial charge is 0.101 e. The van der Waals surface area contributed by atoms with Gasteiger partial charge in [0.25, 0.3) is 0 Å². The minimum absolute atomic E-state index is 0.489. The van der Waals surface area contributed by atoms with Gasteiger partial charge in [-0.05, 0) is 18.4 Å². The van der Waals surface area contributed by atoms with Gasteiger partial charge in [0, 0.05) is 5.75 Å². The van der Waals surface area contributed by atoms with E-state index in [9.17, 15) is 0 Å². The molecule has 0 radical (unpaired) electrons. The van der Waals surface area contributed by atoms with Crippen LogP contribution in [0.1, 0.15) is 12.8 Å². The van der Waals surface area contributed by atoms with Crippen LogP contribution >= 0.6 is 12.6 Å². The summed E-state index contributed by atoms with van der Waals surface area (Å²) < 4.78 is 0. The van der Waals surface area contributed by atoms with Crippen LogP contribution < -0.4 is 0 Å². The molecule has 0 aromatic heterocycles. The lowest BCUT2D eigenvalue weighted by molar-refractivity contribution is 0.414. The molecule has 0 saturated heterocycles. The van der Waals surface area contributed by atoms with Crippen molar-refractivity contribution >= 4 is 12.6 Å². The molecule has 0 bridgehead atoms. The summed E-state index contributed by atoms with van der Waals surface area (Å²) in [5.41, 5.74) is 1.19. The third-order valence-electron chi connectivity index (χ3n) is 1.06. The van der Waals surface area contributed by atoms with Crippen molar-refractivity contribution in [1.82, 2.24) is 0 Å². The van der Waals surface area contributed by atoms with E-state index in [2.05, 4.69) is 12.6 Å². The van der Waals surface area contributed by atoms with E-state index < -0.39 is 0 Å². The molecule has 0 heterocycles. The number of hydrogen-bond donors (Lipinski definition) is 2. The van der Waals surface area contributed by atoms with Crippen LogP contribution in [0.4, 0.5) is 0 Å². The van der Waals surface area contributed by atoms with Crippen LogP contribution in [0.2, 0.25) is 0 Å². The van der Waals surface area contributed by atoms with Crippen molar-refractivity contribution < 1.29 is 5.11 Å². The topological polar surface area (TPSA) is 20.2 Å². The molecule has 1 aliphatic carbocycles. The number of allylic oxidation sites excluding steroid dienone is 1. The molecule has 1 saturated carbocycles. The third-order valence-corrected chi connectivity index (χ3v) is 1.36. The molecule has 40 valence electrons. The highest BCUT2D eigenvalue weighted by Crippen LogP contribution is 2.30. The number of rotatable bonds is 1. The monoisotopic (exact) mass is 116 g/mol. The highest BCUT2D eigenvalue weighted by atomic mass is 32.1. The van der Waals surface area contributed by atoms with Gasteiger partial charge >= 0.3 is 0 Å². The first kappa shape index (κ1) is 5.04. The molecule has 0 atom stereocenters. The quantitative estimate of drug-likeness (QED) is 0.393. The predicted molar refractivity (Wildman–Crippen MR) is 32.7 cm³/mol. The number of aliphatic hydroxyl groups is 1. The van der Waals surface area contributed by atoms with Crippen molar-refractivity contribution in [3.63, 3.8) is 0 Å². The van der Waals surface area contributed by atoms with E-state index in [1.807, 2.05) is 0 Å². The highest BCUT2D eigenvalue weighted by molar-refractivity contribution is 7.80. The second-order valence-corrected chi connectivity index (χ2v) is 2.02. The minimum Gasteiger partial charge on any atom is -0.511 e. The maximum absolute atomic E-state index is 8.80. The van der Waals surface area contributed by atoms with Crippen LogP contribution in [0, 0.1) is 0 Å². The lowest BCUT2D eigenvalue weighted by Crippen LogP contribution is -1.78. The summed E-state index contributed by atoms with van der Waals surface area (Å²) in [7, 11) is 0. The number of thiol groups is 1. The van der Waals surface area contributed by atoms with Crippen molar-refractivity contribution in [2.75, 3.05) is 5.75 Å². The number of aliphatic hydroxyl groups excluding tert-OH is 1. The second kappa shape index (κ2) is 1.78. The van der Waals surface area contributed by atoms with Crippen LogP contribution in [0.15, 0.2) is 11.3 Å². The van der Waals surface area contributed by atoms with E-state index in [1.165, 1.54) is 5.57 Å². The predicted octanol–water partition coefficient (Wildman–Crippen LogP) is 1.52. The van der Waals surface area contributed by atoms with E-state index >= 15 is 0 Å². The van der Waals surface area contributed by atoms with Crippen LogP contribution in [-0.4, -0.2) is 10.9 Å². The fourth-order valence-electron chi connectivity index (χ4n) is 0.463. The van der Waals surface area contributed by atoms with Crippen molar-refractivity contribution in [3.8, 4) is 0 Å². The lowest BCUT2D eigenvalue weighted by atomic mass is 10.5. The fourth-order valence-corrected chi connectivity index (χ4v) is 0.686. The summed E-state index contributed by atoms with van der Waals surface area (Å²) in [6.45, 7) is 0. The Morgan fingerprint density at radius 2 is 2.29 bits per heavy atom. The Labute approximate surface area is 48.5 Å². The zero-order valence-corrected chi connectivity index (χ0v) is 4.91. The van der Waals surface area contributed by atoms with Gasteiger partial charge in [-0.2, -0.15) is 12.6 Å². The summed E-state index contributed by atoms with van der Waals surface area (Å²) >= 11 is 3.89. The van der Waals surface area contributed by atoms with Crippen LogP contribution in [0.25, 0.3) is 0 Å². The van der Waals surface area contributed by atoms with E-state index in [0.29, 0.717) is 11.5 Å². The molecule has 0 amide bonds. The van der Waals surface area contributed by atoms with Gasteiger partial charge in [0.1, 0.15) is 5.76 Å². The van der Waals surface area contributed by atoms with Gasteiger partial charge in [0.05, 0.1) is 0 Å². The Morgan fingerprint density at radius 3 is 2.43 bits per heavy atom. The minimum atomic E-state index is 0.489. The first-order valence-corrected chi connectivity index (χ1v) is 2.98. The first-order chi connectivity index (χ1) is 3.34. The molecule has 1 nitrogen and oxygen atoms in total. The van der Waals surface area contributed by atoms with E-state index in [0.717, 1.165) is 12.8 Å². The molecular formula is C5H8OS. The molecule has 1 rings (SSSR count). The molecule has 1 aliphatic rings. The molecular weight excluding hydrogens is 108 g/mol. The first-order valence-electron chi connectivity index (χ1n) is 2.35. The third kappa shape index (κ3) is 1.13. The lowest BCUT2D eigenvalue weighted by Gasteiger charge is -1.85. The molecule has 7 heavy (non-hydrogen) atoms.